The van der Waals surface area contributed by atoms with E-state index in [1.807, 2.05) is 0 Å². The molecule has 0 fully saturated rings. The van der Waals surface area contributed by atoms with Crippen LogP contribution in [0.3, 0.4) is 0 Å². The smallest absolute Gasteiger partial charge is 0.548 e. The third-order valence-corrected chi connectivity index (χ3v) is 2.56. The monoisotopic (exact) mass is 272 g/mol. The summed E-state index contributed by atoms with van der Waals surface area (Å²) in [7, 11) is 0. The molecular formula is C11H9KN2O4. The van der Waals surface area contributed by atoms with Gasteiger partial charge in [-0.25, -0.2) is 0 Å². The molecule has 88 valence electrons. The molecule has 0 saturated heterocycles. The van der Waals surface area contributed by atoms with Crippen molar-refractivity contribution < 1.29 is 70.9 Å². The maximum absolute atomic E-state index is 11.8. The predicted octanol–water partition coefficient (Wildman–Crippen LogP) is -4.64. The summed E-state index contributed by atoms with van der Waals surface area (Å²) in [4.78, 5) is 34.9. The molecule has 1 aliphatic heterocycles. The number of carboxylic acid groups (broad SMARTS) is 1. The van der Waals surface area contributed by atoms with Crippen LogP contribution in [0.2, 0.25) is 0 Å². The predicted molar refractivity (Wildman–Crippen MR) is 54.8 cm³/mol. The Morgan fingerprint density at radius 2 is 1.67 bits per heavy atom. The number of nitrogens with two attached hydrogens (primary N) is 1. The van der Waals surface area contributed by atoms with Crippen LogP contribution in [0.15, 0.2) is 24.3 Å². The van der Waals surface area contributed by atoms with Gasteiger partial charge in [0.25, 0.3) is 11.8 Å². The summed E-state index contributed by atoms with van der Waals surface area (Å²) in [6.45, 7) is -0.380. The third-order valence-electron chi connectivity index (χ3n) is 2.56. The van der Waals surface area contributed by atoms with Gasteiger partial charge in [-0.15, -0.1) is 0 Å². The van der Waals surface area contributed by atoms with E-state index in [0.717, 1.165) is 4.90 Å². The van der Waals surface area contributed by atoms with Gasteiger partial charge >= 0.3 is 51.4 Å². The Hall–Kier alpha value is -0.574. The van der Waals surface area contributed by atoms with Crippen LogP contribution in [0, 0.1) is 0 Å². The number of imide groups is 1. The maximum atomic E-state index is 11.8. The fourth-order valence-corrected chi connectivity index (χ4v) is 1.68. The molecule has 0 unspecified atom stereocenters. The minimum absolute atomic E-state index is 0. The number of aliphatic carboxylic acids is 1. The zero-order valence-corrected chi connectivity index (χ0v) is 12.9. The first kappa shape index (κ1) is 15.5. The number of carbonyl (C=O) groups is 3. The van der Waals surface area contributed by atoms with Crippen LogP contribution >= 0.6 is 0 Å². The van der Waals surface area contributed by atoms with E-state index in [-0.39, 0.29) is 69.1 Å². The topological polar surface area (TPSA) is 104 Å². The maximum Gasteiger partial charge on any atom is 1.00 e. The van der Waals surface area contributed by atoms with E-state index in [9.17, 15) is 19.5 Å². The van der Waals surface area contributed by atoms with E-state index in [4.69, 9.17) is 5.73 Å². The van der Waals surface area contributed by atoms with Crippen molar-refractivity contribution >= 4 is 17.8 Å². The molecule has 1 aromatic rings. The van der Waals surface area contributed by atoms with Crippen molar-refractivity contribution in [3.8, 4) is 0 Å². The molecule has 6 nitrogen and oxygen atoms in total. The fraction of sp³-hybridized carbons (Fsp3) is 0.182. The van der Waals surface area contributed by atoms with E-state index in [2.05, 4.69) is 0 Å². The second kappa shape index (κ2) is 6.05. The molecule has 2 rings (SSSR count). The summed E-state index contributed by atoms with van der Waals surface area (Å²) in [5.74, 6) is -2.55. The molecule has 0 spiro atoms. The second-order valence-electron chi connectivity index (χ2n) is 3.69. The van der Waals surface area contributed by atoms with Crippen LogP contribution in [0.4, 0.5) is 0 Å². The van der Waals surface area contributed by atoms with Crippen molar-refractivity contribution in [3.63, 3.8) is 0 Å². The van der Waals surface area contributed by atoms with Crippen LogP contribution < -0.4 is 62.2 Å². The first-order valence-electron chi connectivity index (χ1n) is 4.94. The molecule has 1 atom stereocenters. The molecule has 0 saturated carbocycles. The van der Waals surface area contributed by atoms with Gasteiger partial charge in [0.2, 0.25) is 0 Å². The van der Waals surface area contributed by atoms with Crippen LogP contribution in [-0.2, 0) is 4.79 Å². The number of carboxylic acids is 1. The molecule has 0 bridgehead atoms. The summed E-state index contributed by atoms with van der Waals surface area (Å²) in [6, 6.07) is 4.91. The standard InChI is InChI=1S/C11H10N2O4.K/c12-8(11(16)17)5-13-9(14)6-3-1-2-4-7(6)10(13)15;/h1-4,8H,5,12H2,(H,16,17);/q;+1/p-1/t8-;/m0./s1. The van der Waals surface area contributed by atoms with Crippen LogP contribution in [-0.4, -0.2) is 35.3 Å². The van der Waals surface area contributed by atoms with Gasteiger partial charge in [0.1, 0.15) is 0 Å². The minimum Gasteiger partial charge on any atom is -0.548 e. The van der Waals surface area contributed by atoms with E-state index in [1.165, 1.54) is 12.1 Å². The zero-order valence-electron chi connectivity index (χ0n) is 9.75. The van der Waals surface area contributed by atoms with Crippen LogP contribution in [0.25, 0.3) is 0 Å². The Bertz CT molecular complexity index is 483. The molecule has 1 aromatic carbocycles. The quantitative estimate of drug-likeness (QED) is 0.440. The largest absolute Gasteiger partial charge is 1.00 e. The zero-order chi connectivity index (χ0) is 12.6. The Kier molecular flexibility index (Phi) is 5.20. The van der Waals surface area contributed by atoms with E-state index < -0.39 is 23.8 Å². The van der Waals surface area contributed by atoms with Crippen LogP contribution in [0.5, 0.6) is 0 Å². The number of nitrogens with zero attached hydrogens (tertiary/aromatic N) is 1. The molecule has 7 heteroatoms. The number of hydrogen-bond donors (Lipinski definition) is 1. The Morgan fingerprint density at radius 1 is 1.22 bits per heavy atom. The average Bonchev–Trinajstić information content (AvgIpc) is 2.55. The molecule has 0 radical (unpaired) electrons. The number of benzene rings is 1. The van der Waals surface area contributed by atoms with Crippen molar-refractivity contribution in [2.45, 2.75) is 6.04 Å². The summed E-state index contributed by atoms with van der Waals surface area (Å²) in [5.41, 5.74) is 5.78. The number of hydrogen-bond acceptors (Lipinski definition) is 5. The van der Waals surface area contributed by atoms with E-state index in [1.54, 1.807) is 12.1 Å². The number of amides is 2. The number of carbonyl (C=O) groups excluding carboxylic acids is 3. The minimum atomic E-state index is -1.50. The van der Waals surface area contributed by atoms with Gasteiger partial charge in [-0.3, -0.25) is 14.5 Å². The Balaban J connectivity index is 0.00000162. The summed E-state index contributed by atoms with van der Waals surface area (Å²) < 4.78 is 0. The summed E-state index contributed by atoms with van der Waals surface area (Å²) >= 11 is 0. The van der Waals surface area contributed by atoms with E-state index >= 15 is 0 Å². The molecule has 18 heavy (non-hydrogen) atoms. The van der Waals surface area contributed by atoms with Gasteiger partial charge < -0.3 is 15.6 Å². The number of rotatable bonds is 3. The van der Waals surface area contributed by atoms with Gasteiger partial charge in [0.15, 0.2) is 0 Å². The average molecular weight is 272 g/mol. The van der Waals surface area contributed by atoms with Crippen molar-refractivity contribution in [2.24, 2.45) is 5.73 Å². The van der Waals surface area contributed by atoms with Crippen LogP contribution in [0.1, 0.15) is 20.7 Å². The molecule has 0 aliphatic carbocycles. The SMILES string of the molecule is N[C@@H](CN1C(=O)c2ccccc2C1=O)C(=O)[O-].[K+]. The van der Waals surface area contributed by atoms with E-state index in [0.29, 0.717) is 0 Å². The third kappa shape index (κ3) is 2.71. The second-order valence-corrected chi connectivity index (χ2v) is 3.69. The Morgan fingerprint density at radius 3 is 2.06 bits per heavy atom. The Labute approximate surface area is 146 Å². The van der Waals surface area contributed by atoms with Gasteiger partial charge in [-0.2, -0.15) is 0 Å². The number of fused-ring (bicyclic) bond motifs is 1. The van der Waals surface area contributed by atoms with Gasteiger partial charge in [-0.1, -0.05) is 12.1 Å². The fourth-order valence-electron chi connectivity index (χ4n) is 1.68. The summed E-state index contributed by atoms with van der Waals surface area (Å²) in [6.07, 6.45) is 0. The molecule has 2 amide bonds. The van der Waals surface area contributed by atoms with Crippen molar-refractivity contribution in [2.75, 3.05) is 6.54 Å². The molecule has 1 aliphatic rings. The van der Waals surface area contributed by atoms with Crippen molar-refractivity contribution in [3.05, 3.63) is 35.4 Å². The molecular weight excluding hydrogens is 263 g/mol. The first-order chi connectivity index (χ1) is 8.02. The first-order valence-corrected chi connectivity index (χ1v) is 4.94. The summed E-state index contributed by atoms with van der Waals surface area (Å²) in [5, 5.41) is 10.5. The van der Waals surface area contributed by atoms with Gasteiger partial charge in [-0.05, 0) is 12.1 Å². The normalized spacial score (nSPS) is 15.1. The van der Waals surface area contributed by atoms with Gasteiger partial charge in [0, 0.05) is 6.54 Å². The molecule has 0 aromatic heterocycles. The molecule has 2 N–H and O–H groups in total. The van der Waals surface area contributed by atoms with Gasteiger partial charge in [0.05, 0.1) is 23.1 Å². The van der Waals surface area contributed by atoms with Crippen molar-refractivity contribution in [1.29, 1.82) is 0 Å². The molecule has 1 heterocycles. The van der Waals surface area contributed by atoms with Crippen molar-refractivity contribution in [1.82, 2.24) is 4.90 Å².